The molecule has 1 atom stereocenters. The third kappa shape index (κ3) is 7.01. The van der Waals surface area contributed by atoms with Crippen molar-refractivity contribution in [3.05, 3.63) is 0 Å². The zero-order valence-corrected chi connectivity index (χ0v) is 9.66. The molecule has 0 fully saturated rings. The summed E-state index contributed by atoms with van der Waals surface area (Å²) in [5.74, 6) is -3.21. The van der Waals surface area contributed by atoms with Gasteiger partial charge in [-0.2, -0.15) is 0 Å². The molecular weight excluding hydrogens is 244 g/mol. The van der Waals surface area contributed by atoms with Crippen LogP contribution in [0.15, 0.2) is 0 Å². The summed E-state index contributed by atoms with van der Waals surface area (Å²) < 4.78 is 4.14. The van der Waals surface area contributed by atoms with E-state index in [0.717, 1.165) is 0 Å². The van der Waals surface area contributed by atoms with Crippen LogP contribution >= 0.6 is 0 Å². The van der Waals surface area contributed by atoms with Crippen LogP contribution in [0.25, 0.3) is 0 Å². The normalized spacial score (nSPS) is 11.4. The Balaban J connectivity index is 0. The zero-order chi connectivity index (χ0) is 8.85. The monoisotopic (exact) mass is 250 g/mol. The summed E-state index contributed by atoms with van der Waals surface area (Å²) in [6.45, 7) is -1.70. The van der Waals surface area contributed by atoms with E-state index in [0.29, 0.717) is 0 Å². The van der Waals surface area contributed by atoms with E-state index < -0.39 is 31.3 Å². The summed E-state index contributed by atoms with van der Waals surface area (Å²) in [5.41, 5.74) is 0. The molecule has 0 saturated carbocycles. The van der Waals surface area contributed by atoms with Crippen LogP contribution in [0, 0.1) is 0 Å². The van der Waals surface area contributed by atoms with Gasteiger partial charge in [0.2, 0.25) is 0 Å². The van der Waals surface area contributed by atoms with E-state index in [2.05, 4.69) is 4.74 Å². The van der Waals surface area contributed by atoms with Crippen molar-refractivity contribution < 1.29 is 29.6 Å². The number of carbonyl (C=O) groups is 2. The molecule has 0 aliphatic rings. The smallest absolute Gasteiger partial charge is 0.548 e. The van der Waals surface area contributed by atoms with Gasteiger partial charge < -0.3 is 29.6 Å². The number of rotatable bonds is 5. The van der Waals surface area contributed by atoms with Crippen molar-refractivity contribution in [1.82, 2.24) is 0 Å². The van der Waals surface area contributed by atoms with Crippen molar-refractivity contribution in [3.8, 4) is 0 Å². The molecule has 64 valence electrons. The number of aliphatic hydroxyl groups excluding tert-OH is 1. The minimum absolute atomic E-state index is 0. The molecule has 0 bridgehead atoms. The molecule has 0 aromatic heterocycles. The average molecular weight is 250 g/mol. The van der Waals surface area contributed by atoms with Crippen LogP contribution in [0.2, 0.25) is 0 Å². The number of aliphatic carboxylic acids is 2. The van der Waals surface area contributed by atoms with Crippen LogP contribution in [0.3, 0.4) is 0 Å². The summed E-state index contributed by atoms with van der Waals surface area (Å²) in [5, 5.41) is 27.9. The Hall–Kier alpha value is 0.341. The van der Waals surface area contributed by atoms with E-state index in [1.54, 1.807) is 0 Å². The molecule has 0 rings (SSSR count). The van der Waals surface area contributed by atoms with Crippen LogP contribution in [0.1, 0.15) is 0 Å². The van der Waals surface area contributed by atoms with Gasteiger partial charge in [-0.3, -0.25) is 0 Å². The molecule has 0 spiro atoms. The van der Waals surface area contributed by atoms with E-state index in [1.807, 2.05) is 0 Å². The number of hydrogen-bond donors (Lipinski definition) is 1. The second-order valence-electron chi connectivity index (χ2n) is 1.67. The first-order valence-electron chi connectivity index (χ1n) is 2.71. The number of hydrogen-bond acceptors (Lipinski definition) is 6. The third-order valence-corrected chi connectivity index (χ3v) is 0.831. The van der Waals surface area contributed by atoms with Crippen molar-refractivity contribution in [2.75, 3.05) is 13.2 Å². The SMILES string of the molecule is O=C([O-])CO[C@H](CO)C(=O)[O-].[Sr+2]. The maximum absolute atomic E-state index is 9.93. The molecule has 0 aromatic carbocycles. The van der Waals surface area contributed by atoms with E-state index in [4.69, 9.17) is 5.11 Å². The first-order chi connectivity index (χ1) is 5.07. The molecular formula is C5H6O6Sr. The molecule has 0 aliphatic carbocycles. The maximum atomic E-state index is 9.93. The Morgan fingerprint density at radius 3 is 2.17 bits per heavy atom. The van der Waals surface area contributed by atoms with Crippen LogP contribution in [-0.4, -0.2) is 81.8 Å². The summed E-state index contributed by atoms with van der Waals surface area (Å²) in [6, 6.07) is 0. The van der Waals surface area contributed by atoms with E-state index in [1.165, 1.54) is 0 Å². The molecule has 0 aliphatic heterocycles. The summed E-state index contributed by atoms with van der Waals surface area (Å²) >= 11 is 0. The van der Waals surface area contributed by atoms with Gasteiger partial charge in [-0.05, 0) is 0 Å². The second kappa shape index (κ2) is 7.96. The molecule has 0 saturated heterocycles. The fourth-order valence-electron chi connectivity index (χ4n) is 0.364. The van der Waals surface area contributed by atoms with Crippen molar-refractivity contribution in [2.24, 2.45) is 0 Å². The molecule has 0 amide bonds. The predicted octanol–water partition coefficient (Wildman–Crippen LogP) is -4.52. The fourth-order valence-corrected chi connectivity index (χ4v) is 0.364. The molecule has 0 radical (unpaired) electrons. The number of aliphatic hydroxyl groups is 1. The van der Waals surface area contributed by atoms with E-state index >= 15 is 0 Å². The molecule has 0 aromatic rings. The molecule has 6 nitrogen and oxygen atoms in total. The van der Waals surface area contributed by atoms with Crippen molar-refractivity contribution >= 4 is 57.4 Å². The van der Waals surface area contributed by atoms with Gasteiger partial charge in [0.15, 0.2) is 0 Å². The van der Waals surface area contributed by atoms with Gasteiger partial charge in [0, 0.05) is 0 Å². The van der Waals surface area contributed by atoms with E-state index in [-0.39, 0.29) is 45.5 Å². The van der Waals surface area contributed by atoms with Gasteiger partial charge in [0.25, 0.3) is 0 Å². The number of ether oxygens (including phenoxy) is 1. The Morgan fingerprint density at radius 1 is 1.42 bits per heavy atom. The molecule has 0 unspecified atom stereocenters. The van der Waals surface area contributed by atoms with Crippen molar-refractivity contribution in [3.63, 3.8) is 0 Å². The summed E-state index contributed by atoms with van der Waals surface area (Å²) in [6.07, 6.45) is -1.60. The van der Waals surface area contributed by atoms with Gasteiger partial charge in [-0.25, -0.2) is 0 Å². The summed E-state index contributed by atoms with van der Waals surface area (Å²) in [7, 11) is 0. The average Bonchev–Trinajstić information content (AvgIpc) is 1.87. The summed E-state index contributed by atoms with van der Waals surface area (Å²) in [4.78, 5) is 19.6. The molecule has 0 heterocycles. The van der Waals surface area contributed by atoms with Gasteiger partial charge in [0.1, 0.15) is 6.10 Å². The van der Waals surface area contributed by atoms with Crippen LogP contribution in [-0.2, 0) is 14.3 Å². The number of carbonyl (C=O) groups excluding carboxylic acids is 2. The Kier molecular flexibility index (Phi) is 9.85. The van der Waals surface area contributed by atoms with Crippen molar-refractivity contribution in [2.45, 2.75) is 6.10 Å². The van der Waals surface area contributed by atoms with Gasteiger partial charge >= 0.3 is 45.5 Å². The van der Waals surface area contributed by atoms with Gasteiger partial charge in [-0.15, -0.1) is 0 Å². The Morgan fingerprint density at radius 2 is 1.92 bits per heavy atom. The minimum atomic E-state index is -1.66. The maximum Gasteiger partial charge on any atom is 2.00 e. The predicted molar refractivity (Wildman–Crippen MR) is 32.6 cm³/mol. The molecule has 1 N–H and O–H groups in total. The largest absolute Gasteiger partial charge is 2.00 e. The van der Waals surface area contributed by atoms with Crippen LogP contribution in [0.4, 0.5) is 0 Å². The topological polar surface area (TPSA) is 110 Å². The van der Waals surface area contributed by atoms with Gasteiger partial charge in [0.05, 0.1) is 25.2 Å². The molecule has 12 heavy (non-hydrogen) atoms. The minimum Gasteiger partial charge on any atom is -0.548 e. The fraction of sp³-hybridized carbons (Fsp3) is 0.600. The van der Waals surface area contributed by atoms with E-state index in [9.17, 15) is 19.8 Å². The zero-order valence-electron chi connectivity index (χ0n) is 6.19. The van der Waals surface area contributed by atoms with Crippen LogP contribution in [0.5, 0.6) is 0 Å². The van der Waals surface area contributed by atoms with Gasteiger partial charge in [-0.1, -0.05) is 0 Å². The Bertz CT molecular complexity index is 158. The standard InChI is InChI=1S/C5H8O6.Sr/c6-1-3(5(9)10)11-2-4(7)8;/h3,6H,1-2H2,(H,7,8)(H,9,10);/q;+2/p-2/t3-;/m1./s1. The number of carboxylic acids is 2. The third-order valence-electron chi connectivity index (χ3n) is 0.831. The molecule has 7 heteroatoms. The first kappa shape index (κ1) is 14.8. The number of carboxylic acid groups (broad SMARTS) is 2. The second-order valence-corrected chi connectivity index (χ2v) is 1.67. The quantitative estimate of drug-likeness (QED) is 0.492. The Labute approximate surface area is 105 Å². The van der Waals surface area contributed by atoms with Crippen molar-refractivity contribution in [1.29, 1.82) is 0 Å². The van der Waals surface area contributed by atoms with Crippen LogP contribution < -0.4 is 10.2 Å². The first-order valence-corrected chi connectivity index (χ1v) is 2.71.